The van der Waals surface area contributed by atoms with Gasteiger partial charge in [0.15, 0.2) is 0 Å². The van der Waals surface area contributed by atoms with Crippen molar-refractivity contribution < 1.29 is 18.3 Å². The van der Waals surface area contributed by atoms with E-state index in [4.69, 9.17) is 0 Å². The van der Waals surface area contributed by atoms with E-state index in [-0.39, 0.29) is 11.3 Å². The Hall–Kier alpha value is -2.96. The van der Waals surface area contributed by atoms with Gasteiger partial charge in [-0.05, 0) is 24.3 Å². The third kappa shape index (κ3) is 3.68. The maximum absolute atomic E-state index is 12.4. The second-order valence-corrected chi connectivity index (χ2v) is 5.08. The summed E-state index contributed by atoms with van der Waals surface area (Å²) in [5, 5.41) is 2.69. The lowest BCUT2D eigenvalue weighted by Crippen LogP contribution is -2.26. The minimum Gasteiger partial charge on any atom is -0.434 e. The van der Waals surface area contributed by atoms with Gasteiger partial charge in [-0.1, -0.05) is 18.2 Å². The average Bonchev–Trinajstić information content (AvgIpc) is 2.97. The van der Waals surface area contributed by atoms with Gasteiger partial charge in [-0.25, -0.2) is 4.98 Å². The molecule has 0 aliphatic heterocycles. The van der Waals surface area contributed by atoms with E-state index in [1.54, 1.807) is 6.07 Å². The van der Waals surface area contributed by atoms with Crippen molar-refractivity contribution in [2.45, 2.75) is 13.0 Å². The van der Waals surface area contributed by atoms with Crippen molar-refractivity contribution >= 4 is 11.6 Å². The molecule has 0 aliphatic rings. The standard InChI is InChI=1S/C17H15F2N3O2/c18-17(19)24-14-6-2-1-5-13(14)16(23)20-9-8-12-11-22-10-4-3-7-15(22)21-12/h1-7,10-11,17H,8-9H2,(H,20,23). The Morgan fingerprint density at radius 2 is 2.00 bits per heavy atom. The lowest BCUT2D eigenvalue weighted by molar-refractivity contribution is -0.0501. The summed E-state index contributed by atoms with van der Waals surface area (Å²) >= 11 is 0. The highest BCUT2D eigenvalue weighted by molar-refractivity contribution is 5.96. The average molecular weight is 331 g/mol. The van der Waals surface area contributed by atoms with E-state index in [2.05, 4.69) is 15.0 Å². The predicted octanol–water partition coefficient (Wildman–Crippen LogP) is 2.91. The number of pyridine rings is 1. The number of hydrogen-bond acceptors (Lipinski definition) is 3. The molecule has 2 aromatic heterocycles. The molecular formula is C17H15F2N3O2. The number of halogens is 2. The first-order valence-corrected chi connectivity index (χ1v) is 7.38. The quantitative estimate of drug-likeness (QED) is 0.756. The second-order valence-electron chi connectivity index (χ2n) is 5.08. The molecule has 0 unspecified atom stereocenters. The summed E-state index contributed by atoms with van der Waals surface area (Å²) in [7, 11) is 0. The molecule has 124 valence electrons. The maximum atomic E-state index is 12.4. The summed E-state index contributed by atoms with van der Waals surface area (Å²) in [4.78, 5) is 16.6. The molecule has 5 nitrogen and oxygen atoms in total. The molecule has 0 bridgehead atoms. The summed E-state index contributed by atoms with van der Waals surface area (Å²) < 4.78 is 31.0. The van der Waals surface area contributed by atoms with E-state index in [1.165, 1.54) is 18.2 Å². The van der Waals surface area contributed by atoms with Crippen LogP contribution in [0.15, 0.2) is 54.9 Å². The minimum absolute atomic E-state index is 0.0767. The van der Waals surface area contributed by atoms with Gasteiger partial charge < -0.3 is 14.5 Å². The van der Waals surface area contributed by atoms with Crippen LogP contribution in [0.3, 0.4) is 0 Å². The number of amides is 1. The topological polar surface area (TPSA) is 55.6 Å². The zero-order valence-corrected chi connectivity index (χ0v) is 12.7. The van der Waals surface area contributed by atoms with Crippen molar-refractivity contribution in [3.05, 3.63) is 66.1 Å². The third-order valence-electron chi connectivity index (χ3n) is 3.43. The number of carbonyl (C=O) groups excluding carboxylic acids is 1. The van der Waals surface area contributed by atoms with Crippen molar-refractivity contribution in [2.24, 2.45) is 0 Å². The maximum Gasteiger partial charge on any atom is 0.387 e. The minimum atomic E-state index is -2.98. The normalized spacial score (nSPS) is 11.0. The van der Waals surface area contributed by atoms with Crippen LogP contribution in [0.5, 0.6) is 5.75 Å². The fourth-order valence-corrected chi connectivity index (χ4v) is 2.36. The Morgan fingerprint density at radius 1 is 1.21 bits per heavy atom. The van der Waals surface area contributed by atoms with Crippen LogP contribution in [-0.2, 0) is 6.42 Å². The van der Waals surface area contributed by atoms with Gasteiger partial charge in [0.1, 0.15) is 11.4 Å². The number of benzene rings is 1. The van der Waals surface area contributed by atoms with E-state index >= 15 is 0 Å². The Labute approximate surface area is 136 Å². The summed E-state index contributed by atoms with van der Waals surface area (Å²) in [6.07, 6.45) is 4.31. The summed E-state index contributed by atoms with van der Waals surface area (Å²) in [5.41, 5.74) is 1.74. The van der Waals surface area contributed by atoms with Crippen molar-refractivity contribution in [3.8, 4) is 5.75 Å². The van der Waals surface area contributed by atoms with Crippen LogP contribution in [0, 0.1) is 0 Å². The van der Waals surface area contributed by atoms with Crippen LogP contribution in [0.1, 0.15) is 16.1 Å². The summed E-state index contributed by atoms with van der Waals surface area (Å²) in [6.45, 7) is -2.64. The Morgan fingerprint density at radius 3 is 2.79 bits per heavy atom. The molecule has 7 heteroatoms. The van der Waals surface area contributed by atoms with Crippen LogP contribution >= 0.6 is 0 Å². The van der Waals surface area contributed by atoms with Crippen molar-refractivity contribution in [1.29, 1.82) is 0 Å². The van der Waals surface area contributed by atoms with Gasteiger partial charge in [0.25, 0.3) is 5.91 Å². The zero-order valence-electron chi connectivity index (χ0n) is 12.7. The number of hydrogen-bond donors (Lipinski definition) is 1. The molecule has 1 aromatic carbocycles. The molecule has 24 heavy (non-hydrogen) atoms. The van der Waals surface area contributed by atoms with Crippen LogP contribution in [-0.4, -0.2) is 28.4 Å². The number of para-hydroxylation sites is 1. The first kappa shape index (κ1) is 15.9. The fourth-order valence-electron chi connectivity index (χ4n) is 2.36. The number of rotatable bonds is 6. The Kier molecular flexibility index (Phi) is 4.69. The molecule has 2 heterocycles. The Balaban J connectivity index is 1.61. The first-order chi connectivity index (χ1) is 11.6. The van der Waals surface area contributed by atoms with Crippen molar-refractivity contribution in [3.63, 3.8) is 0 Å². The molecule has 3 rings (SSSR count). The van der Waals surface area contributed by atoms with E-state index in [1.807, 2.05) is 35.0 Å². The molecule has 0 aliphatic carbocycles. The molecule has 0 saturated carbocycles. The van der Waals surface area contributed by atoms with Crippen LogP contribution in [0.2, 0.25) is 0 Å². The van der Waals surface area contributed by atoms with Crippen LogP contribution in [0.25, 0.3) is 5.65 Å². The monoisotopic (exact) mass is 331 g/mol. The van der Waals surface area contributed by atoms with E-state index in [0.717, 1.165) is 11.3 Å². The molecule has 3 aromatic rings. The Bertz CT molecular complexity index is 815. The summed E-state index contributed by atoms with van der Waals surface area (Å²) in [5.74, 6) is -0.604. The second kappa shape index (κ2) is 7.08. The fraction of sp³-hybridized carbons (Fsp3) is 0.176. The molecule has 1 amide bonds. The van der Waals surface area contributed by atoms with Gasteiger partial charge in [-0.3, -0.25) is 4.79 Å². The highest BCUT2D eigenvalue weighted by atomic mass is 19.3. The molecule has 0 fully saturated rings. The highest BCUT2D eigenvalue weighted by Crippen LogP contribution is 2.20. The molecular weight excluding hydrogens is 316 g/mol. The van der Waals surface area contributed by atoms with Gasteiger partial charge >= 0.3 is 6.61 Å². The number of carbonyl (C=O) groups is 1. The van der Waals surface area contributed by atoms with Crippen LogP contribution in [0.4, 0.5) is 8.78 Å². The number of nitrogens with zero attached hydrogens (tertiary/aromatic N) is 2. The number of nitrogens with one attached hydrogen (secondary N) is 1. The molecule has 1 N–H and O–H groups in total. The molecule has 0 spiro atoms. The SMILES string of the molecule is O=C(NCCc1cn2ccccc2n1)c1ccccc1OC(F)F. The largest absolute Gasteiger partial charge is 0.434 e. The zero-order chi connectivity index (χ0) is 16.9. The molecule has 0 saturated heterocycles. The van der Waals surface area contributed by atoms with E-state index in [9.17, 15) is 13.6 Å². The van der Waals surface area contributed by atoms with Crippen LogP contribution < -0.4 is 10.1 Å². The van der Waals surface area contributed by atoms with Crippen molar-refractivity contribution in [2.75, 3.05) is 6.54 Å². The molecule has 0 atom stereocenters. The van der Waals surface area contributed by atoms with E-state index < -0.39 is 12.5 Å². The van der Waals surface area contributed by atoms with Crippen molar-refractivity contribution in [1.82, 2.24) is 14.7 Å². The smallest absolute Gasteiger partial charge is 0.387 e. The lowest BCUT2D eigenvalue weighted by Gasteiger charge is -2.10. The highest BCUT2D eigenvalue weighted by Gasteiger charge is 2.15. The number of imidazole rings is 1. The lowest BCUT2D eigenvalue weighted by atomic mass is 10.2. The number of aromatic nitrogens is 2. The molecule has 0 radical (unpaired) electrons. The number of fused-ring (bicyclic) bond motifs is 1. The van der Waals surface area contributed by atoms with Gasteiger partial charge in [0, 0.05) is 25.4 Å². The van der Waals surface area contributed by atoms with Gasteiger partial charge in [0.05, 0.1) is 11.3 Å². The summed E-state index contributed by atoms with van der Waals surface area (Å²) in [6, 6.07) is 11.6. The third-order valence-corrected chi connectivity index (χ3v) is 3.43. The van der Waals surface area contributed by atoms with Gasteiger partial charge in [-0.15, -0.1) is 0 Å². The van der Waals surface area contributed by atoms with E-state index in [0.29, 0.717) is 13.0 Å². The number of alkyl halides is 2. The van der Waals surface area contributed by atoms with Gasteiger partial charge in [0.2, 0.25) is 0 Å². The van der Waals surface area contributed by atoms with Gasteiger partial charge in [-0.2, -0.15) is 8.78 Å². The first-order valence-electron chi connectivity index (χ1n) is 7.38. The predicted molar refractivity (Wildman–Crippen MR) is 84.3 cm³/mol. The number of ether oxygens (including phenoxy) is 1.